The van der Waals surface area contributed by atoms with Crippen molar-refractivity contribution in [2.45, 2.75) is 42.9 Å². The summed E-state index contributed by atoms with van der Waals surface area (Å²) in [6, 6.07) is 3.49. The highest BCUT2D eigenvalue weighted by Crippen LogP contribution is 2.36. The van der Waals surface area contributed by atoms with Crippen LogP contribution in [0.5, 0.6) is 5.75 Å². The van der Waals surface area contributed by atoms with E-state index >= 15 is 0 Å². The van der Waals surface area contributed by atoms with E-state index in [0.717, 1.165) is 25.8 Å². The summed E-state index contributed by atoms with van der Waals surface area (Å²) < 4.78 is 56.2. The molecule has 1 aromatic carbocycles. The summed E-state index contributed by atoms with van der Waals surface area (Å²) in [6.07, 6.45) is 2.42. The summed E-state index contributed by atoms with van der Waals surface area (Å²) >= 11 is 5.89. The highest BCUT2D eigenvalue weighted by Gasteiger charge is 2.43. The van der Waals surface area contributed by atoms with Gasteiger partial charge in [0.05, 0.1) is 9.92 Å². The van der Waals surface area contributed by atoms with E-state index in [1.165, 1.54) is 18.2 Å². The third-order valence-electron chi connectivity index (χ3n) is 4.28. The molecule has 0 amide bonds. The first-order valence-electron chi connectivity index (χ1n) is 7.38. The lowest BCUT2D eigenvalue weighted by Gasteiger charge is -2.27. The quantitative estimate of drug-likeness (QED) is 0.889. The maximum Gasteiger partial charge on any atom is 0.387 e. The molecule has 2 fully saturated rings. The van der Waals surface area contributed by atoms with Crippen molar-refractivity contribution < 1.29 is 21.9 Å². The lowest BCUT2D eigenvalue weighted by Crippen LogP contribution is -2.42. The minimum Gasteiger partial charge on any atom is -0.433 e. The van der Waals surface area contributed by atoms with Crippen LogP contribution in [0.3, 0.4) is 0 Å². The number of alkyl halides is 2. The van der Waals surface area contributed by atoms with Crippen molar-refractivity contribution in [2.24, 2.45) is 0 Å². The van der Waals surface area contributed by atoms with E-state index in [4.69, 9.17) is 11.6 Å². The van der Waals surface area contributed by atoms with Gasteiger partial charge in [0.1, 0.15) is 5.75 Å². The van der Waals surface area contributed by atoms with Gasteiger partial charge in [0.2, 0.25) is 10.0 Å². The molecule has 0 radical (unpaired) electrons. The second-order valence-corrected chi connectivity index (χ2v) is 7.93. The second kappa shape index (κ2) is 6.51. The van der Waals surface area contributed by atoms with Gasteiger partial charge in [0.25, 0.3) is 0 Å². The standard InChI is InChI=1S/C14H17ClF2N2O3S/c15-12-7-11(3-4-13(12)22-14(16)17)23(20,21)19-9-1-2-10(19)8-18-6-5-9/h3-4,7,9-10,14,18H,1-2,5-6,8H2. The van der Waals surface area contributed by atoms with Crippen LogP contribution in [0.25, 0.3) is 0 Å². The molecule has 0 saturated carbocycles. The minimum atomic E-state index is -3.72. The zero-order valence-electron chi connectivity index (χ0n) is 12.2. The number of sulfonamides is 1. The Labute approximate surface area is 138 Å². The fraction of sp³-hybridized carbons (Fsp3) is 0.571. The van der Waals surface area contributed by atoms with Crippen LogP contribution in [0.2, 0.25) is 5.02 Å². The number of fused-ring (bicyclic) bond motifs is 2. The van der Waals surface area contributed by atoms with Crippen LogP contribution in [-0.4, -0.2) is 44.5 Å². The van der Waals surface area contributed by atoms with E-state index in [9.17, 15) is 17.2 Å². The number of ether oxygens (including phenoxy) is 1. The molecule has 0 spiro atoms. The van der Waals surface area contributed by atoms with E-state index in [0.29, 0.717) is 6.54 Å². The fourth-order valence-electron chi connectivity index (χ4n) is 3.29. The number of halogens is 3. The molecule has 128 valence electrons. The van der Waals surface area contributed by atoms with Gasteiger partial charge in [0.15, 0.2) is 0 Å². The topological polar surface area (TPSA) is 58.6 Å². The molecule has 23 heavy (non-hydrogen) atoms. The summed E-state index contributed by atoms with van der Waals surface area (Å²) in [7, 11) is -3.72. The molecule has 2 heterocycles. The molecule has 2 saturated heterocycles. The SMILES string of the molecule is O=S(=O)(c1ccc(OC(F)F)c(Cl)c1)N1C2CCNCC1CC2. The number of nitrogens with zero attached hydrogens (tertiary/aromatic N) is 1. The van der Waals surface area contributed by atoms with Gasteiger partial charge in [-0.2, -0.15) is 13.1 Å². The maximum absolute atomic E-state index is 12.9. The minimum absolute atomic E-state index is 0.00270. The molecule has 9 heteroatoms. The van der Waals surface area contributed by atoms with Crippen molar-refractivity contribution in [3.63, 3.8) is 0 Å². The Kier molecular flexibility index (Phi) is 4.78. The van der Waals surface area contributed by atoms with Crippen LogP contribution in [0, 0.1) is 0 Å². The van der Waals surface area contributed by atoms with Crippen LogP contribution >= 0.6 is 11.6 Å². The average molecular weight is 367 g/mol. The molecule has 2 bridgehead atoms. The third kappa shape index (κ3) is 3.31. The van der Waals surface area contributed by atoms with Gasteiger partial charge in [-0.15, -0.1) is 0 Å². The van der Waals surface area contributed by atoms with Gasteiger partial charge in [-0.05, 0) is 44.0 Å². The highest BCUT2D eigenvalue weighted by molar-refractivity contribution is 7.89. The van der Waals surface area contributed by atoms with Gasteiger partial charge in [-0.25, -0.2) is 8.42 Å². The predicted octanol–water partition coefficient (Wildman–Crippen LogP) is 2.46. The molecule has 5 nitrogen and oxygen atoms in total. The van der Waals surface area contributed by atoms with Crippen LogP contribution < -0.4 is 10.1 Å². The fourth-order valence-corrected chi connectivity index (χ4v) is 5.50. The lowest BCUT2D eigenvalue weighted by molar-refractivity contribution is -0.0498. The first-order chi connectivity index (χ1) is 10.9. The monoisotopic (exact) mass is 366 g/mol. The largest absolute Gasteiger partial charge is 0.433 e. The number of benzene rings is 1. The third-order valence-corrected chi connectivity index (χ3v) is 6.58. The number of rotatable bonds is 4. The normalized spacial score (nSPS) is 25.6. The molecular formula is C14H17ClF2N2O3S. The first-order valence-corrected chi connectivity index (χ1v) is 9.20. The van der Waals surface area contributed by atoms with Crippen molar-refractivity contribution in [3.05, 3.63) is 23.2 Å². The van der Waals surface area contributed by atoms with Crippen molar-refractivity contribution in [1.29, 1.82) is 0 Å². The molecule has 1 aromatic rings. The Bertz CT molecular complexity index is 673. The molecule has 3 rings (SSSR count). The maximum atomic E-state index is 12.9. The molecule has 2 atom stereocenters. The summed E-state index contributed by atoms with van der Waals surface area (Å²) in [5.74, 6) is -0.235. The number of hydrogen-bond donors (Lipinski definition) is 1. The van der Waals surface area contributed by atoms with Crippen LogP contribution in [0.15, 0.2) is 23.1 Å². The van der Waals surface area contributed by atoms with Crippen LogP contribution in [0.1, 0.15) is 19.3 Å². The molecule has 2 unspecified atom stereocenters. The van der Waals surface area contributed by atoms with E-state index in [2.05, 4.69) is 10.1 Å². The van der Waals surface area contributed by atoms with E-state index in [-0.39, 0.29) is 27.8 Å². The molecule has 1 N–H and O–H groups in total. The van der Waals surface area contributed by atoms with E-state index in [1.54, 1.807) is 4.31 Å². The molecule has 2 aliphatic heterocycles. The molecule has 0 aliphatic carbocycles. The highest BCUT2D eigenvalue weighted by atomic mass is 35.5. The Morgan fingerprint density at radius 1 is 1.26 bits per heavy atom. The van der Waals surface area contributed by atoms with Gasteiger partial charge in [-0.1, -0.05) is 11.6 Å². The van der Waals surface area contributed by atoms with Gasteiger partial charge >= 0.3 is 6.61 Å². The Hall–Kier alpha value is -0.960. The zero-order valence-corrected chi connectivity index (χ0v) is 13.8. The summed E-state index contributed by atoms with van der Waals surface area (Å²) in [6.45, 7) is -1.60. The summed E-state index contributed by atoms with van der Waals surface area (Å²) in [5.41, 5.74) is 0. The first kappa shape index (κ1) is 16.9. The van der Waals surface area contributed by atoms with Crippen molar-refractivity contribution >= 4 is 21.6 Å². The van der Waals surface area contributed by atoms with Gasteiger partial charge in [-0.3, -0.25) is 0 Å². The van der Waals surface area contributed by atoms with Gasteiger partial charge < -0.3 is 10.1 Å². The van der Waals surface area contributed by atoms with Crippen molar-refractivity contribution in [2.75, 3.05) is 13.1 Å². The summed E-state index contributed by atoms with van der Waals surface area (Å²) in [4.78, 5) is 0.00270. The van der Waals surface area contributed by atoms with Crippen molar-refractivity contribution in [1.82, 2.24) is 9.62 Å². The van der Waals surface area contributed by atoms with E-state index < -0.39 is 16.6 Å². The summed E-state index contributed by atoms with van der Waals surface area (Å²) in [5, 5.41) is 3.09. The smallest absolute Gasteiger partial charge is 0.387 e. The Morgan fingerprint density at radius 3 is 2.70 bits per heavy atom. The van der Waals surface area contributed by atoms with Crippen molar-refractivity contribution in [3.8, 4) is 5.75 Å². The molecule has 0 aromatic heterocycles. The van der Waals surface area contributed by atoms with Crippen LogP contribution in [0.4, 0.5) is 8.78 Å². The van der Waals surface area contributed by atoms with Gasteiger partial charge in [0, 0.05) is 18.6 Å². The Morgan fingerprint density at radius 2 is 2.00 bits per heavy atom. The number of nitrogens with one attached hydrogen (secondary N) is 1. The predicted molar refractivity (Wildman–Crippen MR) is 81.4 cm³/mol. The Balaban J connectivity index is 1.92. The zero-order chi connectivity index (χ0) is 16.6. The van der Waals surface area contributed by atoms with Crippen LogP contribution in [-0.2, 0) is 10.0 Å². The average Bonchev–Trinajstić information content (AvgIpc) is 2.74. The number of hydrogen-bond acceptors (Lipinski definition) is 4. The second-order valence-electron chi connectivity index (χ2n) is 5.68. The molecule has 2 aliphatic rings. The molecular weight excluding hydrogens is 350 g/mol. The van der Waals surface area contributed by atoms with E-state index in [1.807, 2.05) is 0 Å². The lowest BCUT2D eigenvalue weighted by atomic mass is 10.1.